The van der Waals surface area contributed by atoms with E-state index in [0.717, 1.165) is 24.9 Å². The Balaban J connectivity index is 2.42. The topological polar surface area (TPSA) is 35.2 Å². The van der Waals surface area contributed by atoms with Gasteiger partial charge in [-0.3, -0.25) is 0 Å². The van der Waals surface area contributed by atoms with Crippen molar-refractivity contribution in [2.24, 2.45) is 5.73 Å². The molecule has 20 heavy (non-hydrogen) atoms. The molecule has 2 nitrogen and oxygen atoms in total. The summed E-state index contributed by atoms with van der Waals surface area (Å²) in [6.45, 7) is 4.04. The van der Waals surface area contributed by atoms with E-state index in [0.29, 0.717) is 0 Å². The summed E-state index contributed by atoms with van der Waals surface area (Å²) in [7, 11) is 0. The summed E-state index contributed by atoms with van der Waals surface area (Å²) in [4.78, 5) is 0. The van der Waals surface area contributed by atoms with Crippen LogP contribution in [-0.4, -0.2) is 6.10 Å². The maximum atomic E-state index is 6.46. The number of hydrogen-bond acceptors (Lipinski definition) is 2. The zero-order chi connectivity index (χ0) is 14.7. The zero-order valence-corrected chi connectivity index (χ0v) is 15.2. The Kier molecular flexibility index (Phi) is 5.46. The third kappa shape index (κ3) is 3.74. The average molecular weight is 446 g/mol. The minimum Gasteiger partial charge on any atom is -0.491 e. The van der Waals surface area contributed by atoms with Crippen LogP contribution in [0.25, 0.3) is 0 Å². The van der Waals surface area contributed by atoms with Crippen molar-refractivity contribution in [1.29, 1.82) is 0 Å². The van der Waals surface area contributed by atoms with Crippen molar-refractivity contribution in [1.82, 2.24) is 0 Å². The zero-order valence-electron chi connectivity index (χ0n) is 11.4. The maximum absolute atomic E-state index is 6.46. The molecule has 2 rings (SSSR count). The molecule has 0 aromatic heterocycles. The predicted molar refractivity (Wildman–Crippen MR) is 95.1 cm³/mol. The van der Waals surface area contributed by atoms with Gasteiger partial charge < -0.3 is 10.5 Å². The summed E-state index contributed by atoms with van der Waals surface area (Å²) < 4.78 is 8.05. The molecule has 1 atom stereocenters. The smallest absolute Gasteiger partial charge is 0.124 e. The Labute approximate surface area is 142 Å². The van der Waals surface area contributed by atoms with Crippen LogP contribution in [0.2, 0.25) is 0 Å². The monoisotopic (exact) mass is 445 g/mol. The van der Waals surface area contributed by atoms with Crippen molar-refractivity contribution in [3.63, 3.8) is 0 Å². The Morgan fingerprint density at radius 3 is 2.50 bits per heavy atom. The van der Waals surface area contributed by atoms with E-state index in [2.05, 4.69) is 50.7 Å². The lowest BCUT2D eigenvalue weighted by Gasteiger charge is -2.20. The lowest BCUT2D eigenvalue weighted by molar-refractivity contribution is 0.239. The van der Waals surface area contributed by atoms with Gasteiger partial charge in [-0.15, -0.1) is 0 Å². The fourth-order valence-corrected chi connectivity index (χ4v) is 3.07. The summed E-state index contributed by atoms with van der Waals surface area (Å²) in [6.07, 6.45) is 0.130. The summed E-state index contributed by atoms with van der Waals surface area (Å²) in [5.41, 5.74) is 8.57. The molecule has 0 aliphatic heterocycles. The molecule has 0 spiro atoms. The van der Waals surface area contributed by atoms with E-state index in [9.17, 15) is 0 Å². The third-order valence-corrected chi connectivity index (χ3v) is 4.39. The van der Waals surface area contributed by atoms with E-state index in [1.807, 2.05) is 44.2 Å². The van der Waals surface area contributed by atoms with Crippen LogP contribution < -0.4 is 10.5 Å². The highest BCUT2D eigenvalue weighted by molar-refractivity contribution is 14.1. The third-order valence-electron chi connectivity index (χ3n) is 2.91. The highest BCUT2D eigenvalue weighted by Gasteiger charge is 2.17. The van der Waals surface area contributed by atoms with Crippen molar-refractivity contribution < 1.29 is 4.74 Å². The normalized spacial score (nSPS) is 12.5. The molecule has 4 heteroatoms. The summed E-state index contributed by atoms with van der Waals surface area (Å²) in [5, 5.41) is 0. The van der Waals surface area contributed by atoms with Gasteiger partial charge in [0.05, 0.1) is 12.1 Å². The van der Waals surface area contributed by atoms with E-state index in [-0.39, 0.29) is 12.1 Å². The summed E-state index contributed by atoms with van der Waals surface area (Å²) >= 11 is 5.82. The van der Waals surface area contributed by atoms with Crippen LogP contribution in [0.3, 0.4) is 0 Å². The molecule has 0 radical (unpaired) electrons. The quantitative estimate of drug-likeness (QED) is 0.680. The second kappa shape index (κ2) is 6.91. The van der Waals surface area contributed by atoms with Gasteiger partial charge in [-0.05, 0) is 66.3 Å². The Bertz CT molecular complexity index is 601. The Hall–Kier alpha value is -0.590. The van der Waals surface area contributed by atoms with E-state index in [1.54, 1.807) is 0 Å². The molecule has 0 heterocycles. The first kappa shape index (κ1) is 15.8. The summed E-state index contributed by atoms with van der Waals surface area (Å²) in [6, 6.07) is 13.9. The van der Waals surface area contributed by atoms with Crippen LogP contribution in [0.15, 0.2) is 46.9 Å². The molecule has 0 saturated heterocycles. The second-order valence-corrected chi connectivity index (χ2v) is 6.93. The number of benzene rings is 2. The molecule has 0 saturated carbocycles. The minimum atomic E-state index is -0.200. The number of hydrogen-bond donors (Lipinski definition) is 1. The van der Waals surface area contributed by atoms with Crippen molar-refractivity contribution in [3.05, 3.63) is 61.6 Å². The van der Waals surface area contributed by atoms with E-state index in [1.165, 1.54) is 0 Å². The molecule has 2 aromatic rings. The van der Waals surface area contributed by atoms with Crippen LogP contribution >= 0.6 is 38.5 Å². The number of halogens is 2. The fourth-order valence-electron chi connectivity index (χ4n) is 2.02. The standard InChI is InChI=1S/C16H17BrINO/c1-10(2)20-15-6-4-3-5-12(15)16(19)13-9-11(17)7-8-14(13)18/h3-10,16H,19H2,1-2H3. The van der Waals surface area contributed by atoms with Gasteiger partial charge in [0.15, 0.2) is 0 Å². The number of para-hydroxylation sites is 1. The molecule has 0 aliphatic rings. The Morgan fingerprint density at radius 2 is 1.80 bits per heavy atom. The number of rotatable bonds is 4. The number of ether oxygens (including phenoxy) is 1. The molecule has 1 unspecified atom stereocenters. The first-order chi connectivity index (χ1) is 9.49. The van der Waals surface area contributed by atoms with Crippen LogP contribution in [0.1, 0.15) is 31.0 Å². The van der Waals surface area contributed by atoms with Crippen molar-refractivity contribution in [2.45, 2.75) is 26.0 Å². The molecular formula is C16H17BrINO. The average Bonchev–Trinajstić information content (AvgIpc) is 2.41. The summed E-state index contributed by atoms with van der Waals surface area (Å²) in [5.74, 6) is 0.853. The van der Waals surface area contributed by atoms with E-state index >= 15 is 0 Å². The Morgan fingerprint density at radius 1 is 1.10 bits per heavy atom. The van der Waals surface area contributed by atoms with Crippen LogP contribution in [-0.2, 0) is 0 Å². The van der Waals surface area contributed by atoms with Crippen molar-refractivity contribution >= 4 is 38.5 Å². The molecule has 2 N–H and O–H groups in total. The van der Waals surface area contributed by atoms with Crippen LogP contribution in [0, 0.1) is 3.57 Å². The van der Waals surface area contributed by atoms with Gasteiger partial charge in [0.25, 0.3) is 0 Å². The van der Waals surface area contributed by atoms with Gasteiger partial charge in [-0.1, -0.05) is 34.1 Å². The SMILES string of the molecule is CC(C)Oc1ccccc1C(N)c1cc(Br)ccc1I. The van der Waals surface area contributed by atoms with E-state index < -0.39 is 0 Å². The second-order valence-electron chi connectivity index (χ2n) is 4.85. The lowest BCUT2D eigenvalue weighted by atomic mass is 9.99. The molecular weight excluding hydrogens is 429 g/mol. The first-order valence-corrected chi connectivity index (χ1v) is 8.32. The molecule has 0 amide bonds. The van der Waals surface area contributed by atoms with E-state index in [4.69, 9.17) is 10.5 Å². The van der Waals surface area contributed by atoms with Crippen LogP contribution in [0.4, 0.5) is 0 Å². The van der Waals surface area contributed by atoms with Crippen LogP contribution in [0.5, 0.6) is 5.75 Å². The molecule has 0 fully saturated rings. The largest absolute Gasteiger partial charge is 0.491 e. The van der Waals surface area contributed by atoms with Gasteiger partial charge in [-0.2, -0.15) is 0 Å². The van der Waals surface area contributed by atoms with Gasteiger partial charge in [-0.25, -0.2) is 0 Å². The molecule has 0 bridgehead atoms. The molecule has 106 valence electrons. The molecule has 0 aliphatic carbocycles. The predicted octanol–water partition coefficient (Wildman–Crippen LogP) is 4.89. The molecule has 2 aromatic carbocycles. The fraction of sp³-hybridized carbons (Fsp3) is 0.250. The highest BCUT2D eigenvalue weighted by atomic mass is 127. The van der Waals surface area contributed by atoms with Crippen molar-refractivity contribution in [2.75, 3.05) is 0 Å². The van der Waals surface area contributed by atoms with Gasteiger partial charge >= 0.3 is 0 Å². The highest BCUT2D eigenvalue weighted by Crippen LogP contribution is 2.32. The van der Waals surface area contributed by atoms with Crippen molar-refractivity contribution in [3.8, 4) is 5.75 Å². The first-order valence-electron chi connectivity index (χ1n) is 6.45. The minimum absolute atomic E-state index is 0.130. The maximum Gasteiger partial charge on any atom is 0.124 e. The van der Waals surface area contributed by atoms with Gasteiger partial charge in [0, 0.05) is 13.6 Å². The number of nitrogens with two attached hydrogens (primary N) is 1. The van der Waals surface area contributed by atoms with Gasteiger partial charge in [0.2, 0.25) is 0 Å². The van der Waals surface area contributed by atoms with Gasteiger partial charge in [0.1, 0.15) is 5.75 Å². The lowest BCUT2D eigenvalue weighted by Crippen LogP contribution is -2.16.